The van der Waals surface area contributed by atoms with Gasteiger partial charge in [-0.15, -0.1) is 0 Å². The Labute approximate surface area is 181 Å². The maximum absolute atomic E-state index is 13.3. The van der Waals surface area contributed by atoms with E-state index in [9.17, 15) is 4.79 Å². The summed E-state index contributed by atoms with van der Waals surface area (Å²) < 4.78 is 0. The van der Waals surface area contributed by atoms with Gasteiger partial charge in [0.1, 0.15) is 5.70 Å². The summed E-state index contributed by atoms with van der Waals surface area (Å²) in [6.45, 7) is 1.88. The molecule has 2 aromatic rings. The van der Waals surface area contributed by atoms with E-state index in [1.165, 1.54) is 12.8 Å². The molecule has 0 spiro atoms. The Balaban J connectivity index is 1.90. The number of anilines is 1. The molecule has 1 saturated heterocycles. The molecule has 0 radical (unpaired) electrons. The summed E-state index contributed by atoms with van der Waals surface area (Å²) >= 11 is 12.8. The Bertz CT molecular complexity index is 991. The zero-order valence-electron chi connectivity index (χ0n) is 16.4. The third kappa shape index (κ3) is 4.19. The number of aliphatic imine (C=N–C) groups is 1. The Morgan fingerprint density at radius 1 is 0.966 bits per heavy atom. The first-order valence-electron chi connectivity index (χ1n) is 9.92. The summed E-state index contributed by atoms with van der Waals surface area (Å²) in [5.74, 6) is -0.139. The molecule has 6 heteroatoms. The summed E-state index contributed by atoms with van der Waals surface area (Å²) in [5, 5.41) is 1.17. The third-order valence-corrected chi connectivity index (χ3v) is 5.97. The van der Waals surface area contributed by atoms with Crippen molar-refractivity contribution in [2.45, 2.75) is 25.7 Å². The summed E-state index contributed by atoms with van der Waals surface area (Å²) in [5.41, 5.74) is 3.41. The van der Waals surface area contributed by atoms with Gasteiger partial charge in [-0.2, -0.15) is 0 Å². The molecule has 0 aromatic heterocycles. The highest BCUT2D eigenvalue weighted by Crippen LogP contribution is 2.33. The van der Waals surface area contributed by atoms with Crippen molar-refractivity contribution in [2.24, 2.45) is 4.99 Å². The molecule has 2 aliphatic heterocycles. The first-order valence-corrected chi connectivity index (χ1v) is 10.7. The standard InChI is InChI=1S/C23H23Cl2N3O/c1-27-21-11-10-16(24)14-18(21)22(17-8-4-5-9-19(17)25)26-20(23(27)29)15-28-12-6-2-3-7-13-28/h4-5,8-11,14-15H,2-3,6-7,12-13H2,1H3. The monoisotopic (exact) mass is 427 g/mol. The van der Waals surface area contributed by atoms with Gasteiger partial charge in [-0.3, -0.25) is 4.79 Å². The SMILES string of the molecule is CN1C(=O)C(=CN2CCCCCC2)N=C(c2ccccc2Cl)c2cc(Cl)ccc21. The van der Waals surface area contributed by atoms with Crippen molar-refractivity contribution in [1.29, 1.82) is 0 Å². The summed E-state index contributed by atoms with van der Waals surface area (Å²) in [6.07, 6.45) is 6.63. The number of nitrogens with zero attached hydrogens (tertiary/aromatic N) is 3. The number of benzene rings is 2. The highest BCUT2D eigenvalue weighted by Gasteiger charge is 2.27. The van der Waals surface area contributed by atoms with Crippen LogP contribution in [0.2, 0.25) is 10.0 Å². The van der Waals surface area contributed by atoms with Crippen molar-refractivity contribution in [2.75, 3.05) is 25.0 Å². The lowest BCUT2D eigenvalue weighted by Crippen LogP contribution is -2.28. The van der Waals surface area contributed by atoms with Crippen LogP contribution in [0, 0.1) is 0 Å². The molecule has 2 aliphatic rings. The smallest absolute Gasteiger partial charge is 0.278 e. The predicted molar refractivity (Wildman–Crippen MR) is 120 cm³/mol. The number of benzodiazepines with no additional fused rings is 1. The van der Waals surface area contributed by atoms with Gasteiger partial charge in [0.25, 0.3) is 5.91 Å². The Morgan fingerprint density at radius 2 is 1.69 bits per heavy atom. The fraction of sp³-hybridized carbons (Fsp3) is 0.304. The minimum atomic E-state index is -0.139. The number of hydrogen-bond donors (Lipinski definition) is 0. The van der Waals surface area contributed by atoms with Crippen LogP contribution in [0.4, 0.5) is 5.69 Å². The second-order valence-corrected chi connectivity index (χ2v) is 8.27. The Morgan fingerprint density at radius 3 is 2.41 bits per heavy atom. The van der Waals surface area contributed by atoms with E-state index in [2.05, 4.69) is 4.90 Å². The van der Waals surface area contributed by atoms with Crippen molar-refractivity contribution in [3.05, 3.63) is 75.5 Å². The maximum atomic E-state index is 13.3. The van der Waals surface area contributed by atoms with Crippen LogP contribution < -0.4 is 4.90 Å². The normalized spacial score (nSPS) is 18.9. The van der Waals surface area contributed by atoms with E-state index in [1.807, 2.05) is 42.6 Å². The van der Waals surface area contributed by atoms with Gasteiger partial charge >= 0.3 is 0 Å². The molecule has 0 saturated carbocycles. The molecule has 1 fully saturated rings. The van der Waals surface area contributed by atoms with Crippen LogP contribution in [-0.2, 0) is 4.79 Å². The molecule has 4 nitrogen and oxygen atoms in total. The van der Waals surface area contributed by atoms with Crippen LogP contribution >= 0.6 is 23.2 Å². The first kappa shape index (κ1) is 20.0. The quantitative estimate of drug-likeness (QED) is 0.590. The van der Waals surface area contributed by atoms with Gasteiger partial charge in [-0.05, 0) is 37.1 Å². The van der Waals surface area contributed by atoms with Crippen LogP contribution in [0.25, 0.3) is 0 Å². The van der Waals surface area contributed by atoms with Crippen molar-refractivity contribution in [3.8, 4) is 0 Å². The summed E-state index contributed by atoms with van der Waals surface area (Å²) in [6, 6.07) is 13.0. The number of rotatable bonds is 2. The van der Waals surface area contributed by atoms with Crippen molar-refractivity contribution in [1.82, 2.24) is 4.90 Å². The predicted octanol–water partition coefficient (Wildman–Crippen LogP) is 5.52. The van der Waals surface area contributed by atoms with Gasteiger partial charge in [0.2, 0.25) is 0 Å². The lowest BCUT2D eigenvalue weighted by Gasteiger charge is -2.20. The van der Waals surface area contributed by atoms with Gasteiger partial charge in [0, 0.05) is 47.5 Å². The fourth-order valence-corrected chi connectivity index (χ4v) is 4.24. The number of amides is 1. The van der Waals surface area contributed by atoms with Gasteiger partial charge in [0.05, 0.1) is 11.4 Å². The molecule has 150 valence electrons. The fourth-order valence-electron chi connectivity index (χ4n) is 3.84. The number of likely N-dealkylation sites (N-methyl/N-ethyl adjacent to an activating group) is 1. The molecule has 0 bridgehead atoms. The number of halogens is 2. The molecule has 1 amide bonds. The number of carbonyl (C=O) groups is 1. The second kappa shape index (κ2) is 8.60. The number of carbonyl (C=O) groups excluding carboxylic acids is 1. The van der Waals surface area contributed by atoms with Crippen LogP contribution in [0.1, 0.15) is 36.8 Å². The largest absolute Gasteiger partial charge is 0.375 e. The van der Waals surface area contributed by atoms with Crippen LogP contribution in [0.5, 0.6) is 0 Å². The molecule has 0 N–H and O–H groups in total. The molecule has 0 unspecified atom stereocenters. The van der Waals surface area contributed by atoms with Crippen LogP contribution in [0.3, 0.4) is 0 Å². The molecule has 0 aliphatic carbocycles. The third-order valence-electron chi connectivity index (χ3n) is 5.41. The van der Waals surface area contributed by atoms with E-state index in [1.54, 1.807) is 18.0 Å². The van der Waals surface area contributed by atoms with E-state index < -0.39 is 0 Å². The zero-order valence-corrected chi connectivity index (χ0v) is 17.9. The van der Waals surface area contributed by atoms with Gasteiger partial charge in [0.15, 0.2) is 0 Å². The van der Waals surface area contributed by atoms with Gasteiger partial charge < -0.3 is 9.80 Å². The van der Waals surface area contributed by atoms with E-state index in [-0.39, 0.29) is 5.91 Å². The highest BCUT2D eigenvalue weighted by atomic mass is 35.5. The van der Waals surface area contributed by atoms with E-state index in [0.717, 1.165) is 42.7 Å². The number of fused-ring (bicyclic) bond motifs is 1. The minimum Gasteiger partial charge on any atom is -0.375 e. The summed E-state index contributed by atoms with van der Waals surface area (Å²) in [7, 11) is 1.77. The van der Waals surface area contributed by atoms with Crippen LogP contribution in [-0.4, -0.2) is 36.7 Å². The number of likely N-dealkylation sites (tertiary alicyclic amines) is 1. The van der Waals surface area contributed by atoms with Crippen molar-refractivity contribution < 1.29 is 4.79 Å². The zero-order chi connectivity index (χ0) is 20.4. The van der Waals surface area contributed by atoms with E-state index >= 15 is 0 Å². The molecular weight excluding hydrogens is 405 g/mol. The minimum absolute atomic E-state index is 0.139. The lowest BCUT2D eigenvalue weighted by atomic mass is 10.00. The molecule has 2 aromatic carbocycles. The van der Waals surface area contributed by atoms with Gasteiger partial charge in [-0.1, -0.05) is 54.2 Å². The Kier molecular flexibility index (Phi) is 5.93. The molecule has 0 atom stereocenters. The highest BCUT2D eigenvalue weighted by molar-refractivity contribution is 6.37. The molecule has 29 heavy (non-hydrogen) atoms. The molecular formula is C23H23Cl2N3O. The van der Waals surface area contributed by atoms with E-state index in [4.69, 9.17) is 28.2 Å². The van der Waals surface area contributed by atoms with Crippen molar-refractivity contribution >= 4 is 40.5 Å². The topological polar surface area (TPSA) is 35.9 Å². The van der Waals surface area contributed by atoms with Crippen LogP contribution in [0.15, 0.2) is 59.4 Å². The second-order valence-electron chi connectivity index (χ2n) is 7.43. The lowest BCUT2D eigenvalue weighted by molar-refractivity contribution is -0.114. The van der Waals surface area contributed by atoms with Crippen molar-refractivity contribution in [3.63, 3.8) is 0 Å². The van der Waals surface area contributed by atoms with Gasteiger partial charge in [-0.25, -0.2) is 4.99 Å². The average Bonchev–Trinajstić information content (AvgIpc) is 3.03. The summed E-state index contributed by atoms with van der Waals surface area (Å²) in [4.78, 5) is 22.0. The average molecular weight is 428 g/mol. The first-order chi connectivity index (χ1) is 14.0. The Hall–Kier alpha value is -2.30. The molecule has 4 rings (SSSR count). The molecule has 2 heterocycles. The van der Waals surface area contributed by atoms with E-state index in [0.29, 0.717) is 21.5 Å². The maximum Gasteiger partial charge on any atom is 0.278 e. The number of hydrogen-bond acceptors (Lipinski definition) is 3.